The normalized spacial score (nSPS) is 11.6. The van der Waals surface area contributed by atoms with Gasteiger partial charge in [0.2, 0.25) is 11.8 Å². The van der Waals surface area contributed by atoms with Gasteiger partial charge in [-0.2, -0.15) is 0 Å². The number of benzene rings is 2. The van der Waals surface area contributed by atoms with Crippen LogP contribution in [0.25, 0.3) is 0 Å². The lowest BCUT2D eigenvalue weighted by Crippen LogP contribution is -2.50. The van der Waals surface area contributed by atoms with E-state index in [0.29, 0.717) is 17.1 Å². The van der Waals surface area contributed by atoms with E-state index in [1.807, 2.05) is 44.2 Å². The molecule has 2 aromatic carbocycles. The molecule has 2 aromatic rings. The predicted octanol–water partition coefficient (Wildman–Crippen LogP) is 2.57. The van der Waals surface area contributed by atoms with Crippen molar-refractivity contribution < 1.29 is 14.4 Å². The molecule has 1 atom stereocenters. The lowest BCUT2D eigenvalue weighted by Gasteiger charge is -2.22. The van der Waals surface area contributed by atoms with E-state index in [-0.39, 0.29) is 30.7 Å². The van der Waals surface area contributed by atoms with Crippen LogP contribution in [0, 0.1) is 5.92 Å². The maximum absolute atomic E-state index is 12.5. The van der Waals surface area contributed by atoms with E-state index < -0.39 is 11.9 Å². The molecule has 0 aliphatic rings. The molecule has 0 saturated carbocycles. The van der Waals surface area contributed by atoms with Crippen molar-refractivity contribution in [1.82, 2.24) is 16.0 Å². The first-order chi connectivity index (χ1) is 13.9. The summed E-state index contributed by atoms with van der Waals surface area (Å²) in [6.07, 6.45) is 0.289. The van der Waals surface area contributed by atoms with Crippen LogP contribution in [0.4, 0.5) is 0 Å². The van der Waals surface area contributed by atoms with Gasteiger partial charge in [0.1, 0.15) is 6.04 Å². The van der Waals surface area contributed by atoms with E-state index in [0.717, 1.165) is 5.56 Å². The van der Waals surface area contributed by atoms with Crippen molar-refractivity contribution in [3.63, 3.8) is 0 Å². The minimum absolute atomic E-state index is 0.113. The zero-order valence-corrected chi connectivity index (χ0v) is 17.3. The molecule has 0 fully saturated rings. The summed E-state index contributed by atoms with van der Waals surface area (Å²) in [4.78, 5) is 36.9. The van der Waals surface area contributed by atoms with Gasteiger partial charge in [-0.1, -0.05) is 67.9 Å². The van der Waals surface area contributed by atoms with Gasteiger partial charge in [-0.3, -0.25) is 14.4 Å². The maximum atomic E-state index is 12.5. The van der Waals surface area contributed by atoms with Gasteiger partial charge in [-0.05, 0) is 23.6 Å². The van der Waals surface area contributed by atoms with Crippen LogP contribution in [0.1, 0.15) is 29.8 Å². The summed E-state index contributed by atoms with van der Waals surface area (Å²) in [5, 5.41) is 8.58. The summed E-state index contributed by atoms with van der Waals surface area (Å²) < 4.78 is 0. The lowest BCUT2D eigenvalue weighted by atomic mass is 10.0. The molecule has 3 N–H and O–H groups in total. The summed E-state index contributed by atoms with van der Waals surface area (Å²) >= 11 is 6.05. The average molecular weight is 416 g/mol. The second kappa shape index (κ2) is 11.2. The highest BCUT2D eigenvalue weighted by molar-refractivity contribution is 6.33. The Morgan fingerprint density at radius 3 is 2.17 bits per heavy atom. The van der Waals surface area contributed by atoms with Crippen molar-refractivity contribution in [2.45, 2.75) is 26.3 Å². The van der Waals surface area contributed by atoms with Crippen molar-refractivity contribution >= 4 is 29.3 Å². The first-order valence-corrected chi connectivity index (χ1v) is 9.90. The topological polar surface area (TPSA) is 87.3 Å². The van der Waals surface area contributed by atoms with Crippen molar-refractivity contribution in [1.29, 1.82) is 0 Å². The number of carbonyl (C=O) groups is 3. The van der Waals surface area contributed by atoms with Crippen LogP contribution in [0.3, 0.4) is 0 Å². The van der Waals surface area contributed by atoms with Gasteiger partial charge in [0, 0.05) is 13.1 Å². The molecule has 0 spiro atoms. The molecule has 0 aliphatic heterocycles. The van der Waals surface area contributed by atoms with E-state index in [1.165, 1.54) is 0 Å². The van der Waals surface area contributed by atoms with Crippen molar-refractivity contribution in [3.05, 3.63) is 70.7 Å². The molecule has 0 radical (unpaired) electrons. The third-order valence-corrected chi connectivity index (χ3v) is 4.64. The Bertz CT molecular complexity index is 840. The molecule has 0 saturated heterocycles. The van der Waals surface area contributed by atoms with Crippen LogP contribution in [-0.2, 0) is 16.0 Å². The average Bonchev–Trinajstić information content (AvgIpc) is 2.70. The number of rotatable bonds is 9. The van der Waals surface area contributed by atoms with Crippen LogP contribution in [-0.4, -0.2) is 36.9 Å². The summed E-state index contributed by atoms with van der Waals surface area (Å²) in [6.45, 7) is 4.27. The first kappa shape index (κ1) is 22.4. The van der Waals surface area contributed by atoms with Crippen LogP contribution < -0.4 is 16.0 Å². The molecule has 6 nitrogen and oxygen atoms in total. The van der Waals surface area contributed by atoms with E-state index in [1.54, 1.807) is 24.3 Å². The Morgan fingerprint density at radius 2 is 1.52 bits per heavy atom. The van der Waals surface area contributed by atoms with Crippen molar-refractivity contribution in [3.8, 4) is 0 Å². The Morgan fingerprint density at radius 1 is 0.897 bits per heavy atom. The fourth-order valence-corrected chi connectivity index (χ4v) is 2.96. The third kappa shape index (κ3) is 7.23. The zero-order chi connectivity index (χ0) is 21.2. The standard InChI is InChI=1S/C22H26ClN3O3/c1-15(2)20(26-21(28)17-10-6-7-11-18(17)23)22(29)25-13-12-24-19(27)14-16-8-4-3-5-9-16/h3-11,15,20H,12-14H2,1-2H3,(H,24,27)(H,25,29)(H,26,28). The molecular formula is C22H26ClN3O3. The second-order valence-electron chi connectivity index (χ2n) is 6.98. The second-order valence-corrected chi connectivity index (χ2v) is 7.39. The highest BCUT2D eigenvalue weighted by atomic mass is 35.5. The van der Waals surface area contributed by atoms with E-state index in [2.05, 4.69) is 16.0 Å². The summed E-state index contributed by atoms with van der Waals surface area (Å²) in [7, 11) is 0. The molecule has 3 amide bonds. The summed E-state index contributed by atoms with van der Waals surface area (Å²) in [5.41, 5.74) is 1.25. The van der Waals surface area contributed by atoms with Crippen molar-refractivity contribution in [2.75, 3.05) is 13.1 Å². The van der Waals surface area contributed by atoms with Gasteiger partial charge in [0.05, 0.1) is 17.0 Å². The highest BCUT2D eigenvalue weighted by Gasteiger charge is 2.25. The fraction of sp³-hybridized carbons (Fsp3) is 0.318. The van der Waals surface area contributed by atoms with Gasteiger partial charge in [0.25, 0.3) is 5.91 Å². The summed E-state index contributed by atoms with van der Waals surface area (Å²) in [5.74, 6) is -0.940. The SMILES string of the molecule is CC(C)C(NC(=O)c1ccccc1Cl)C(=O)NCCNC(=O)Cc1ccccc1. The minimum Gasteiger partial charge on any atom is -0.354 e. The van der Waals surface area contributed by atoms with Gasteiger partial charge in [0.15, 0.2) is 0 Å². The monoisotopic (exact) mass is 415 g/mol. The number of halogens is 1. The number of hydrogen-bond donors (Lipinski definition) is 3. The Balaban J connectivity index is 1.79. The summed E-state index contributed by atoms with van der Waals surface area (Å²) in [6, 6.07) is 15.4. The lowest BCUT2D eigenvalue weighted by molar-refractivity contribution is -0.124. The quantitative estimate of drug-likeness (QED) is 0.550. The van der Waals surface area contributed by atoms with E-state index in [4.69, 9.17) is 11.6 Å². The third-order valence-electron chi connectivity index (χ3n) is 4.31. The van der Waals surface area contributed by atoms with E-state index in [9.17, 15) is 14.4 Å². The van der Waals surface area contributed by atoms with Gasteiger partial charge in [-0.15, -0.1) is 0 Å². The van der Waals surface area contributed by atoms with Crippen LogP contribution in [0.2, 0.25) is 5.02 Å². The molecule has 0 heterocycles. The Hall–Kier alpha value is -2.86. The number of amides is 3. The Labute approximate surface area is 176 Å². The highest BCUT2D eigenvalue weighted by Crippen LogP contribution is 2.15. The molecular weight excluding hydrogens is 390 g/mol. The number of carbonyl (C=O) groups excluding carboxylic acids is 3. The Kier molecular flexibility index (Phi) is 8.68. The molecule has 7 heteroatoms. The molecule has 0 aliphatic carbocycles. The number of nitrogens with one attached hydrogen (secondary N) is 3. The van der Waals surface area contributed by atoms with Gasteiger partial charge < -0.3 is 16.0 Å². The minimum atomic E-state index is -0.709. The zero-order valence-electron chi connectivity index (χ0n) is 16.6. The van der Waals surface area contributed by atoms with Crippen LogP contribution in [0.15, 0.2) is 54.6 Å². The molecule has 0 bridgehead atoms. The van der Waals surface area contributed by atoms with Crippen molar-refractivity contribution in [2.24, 2.45) is 5.92 Å². The fourth-order valence-electron chi connectivity index (χ4n) is 2.74. The largest absolute Gasteiger partial charge is 0.354 e. The smallest absolute Gasteiger partial charge is 0.253 e. The van der Waals surface area contributed by atoms with Crippen LogP contribution in [0.5, 0.6) is 0 Å². The maximum Gasteiger partial charge on any atom is 0.253 e. The molecule has 2 rings (SSSR count). The van der Waals surface area contributed by atoms with Gasteiger partial charge in [-0.25, -0.2) is 0 Å². The first-order valence-electron chi connectivity index (χ1n) is 9.52. The molecule has 154 valence electrons. The molecule has 0 aromatic heterocycles. The molecule has 29 heavy (non-hydrogen) atoms. The van der Waals surface area contributed by atoms with E-state index >= 15 is 0 Å². The number of hydrogen-bond acceptors (Lipinski definition) is 3. The van der Waals surface area contributed by atoms with Gasteiger partial charge >= 0.3 is 0 Å². The molecule has 1 unspecified atom stereocenters. The predicted molar refractivity (Wildman–Crippen MR) is 114 cm³/mol. The van der Waals surface area contributed by atoms with Crippen LogP contribution >= 0.6 is 11.6 Å².